The predicted molar refractivity (Wildman–Crippen MR) is 100 cm³/mol. The van der Waals surface area contributed by atoms with Crippen LogP contribution in [0.3, 0.4) is 0 Å². The second-order valence-electron chi connectivity index (χ2n) is 6.68. The van der Waals surface area contributed by atoms with E-state index in [9.17, 15) is 25.2 Å². The van der Waals surface area contributed by atoms with Crippen molar-refractivity contribution in [3.05, 3.63) is 57.9 Å². The third-order valence-electron chi connectivity index (χ3n) is 4.78. The van der Waals surface area contributed by atoms with Crippen LogP contribution >= 0.6 is 11.6 Å². The molecular weight excluding hydrogens is 404 g/mol. The van der Waals surface area contributed by atoms with Crippen molar-refractivity contribution < 1.29 is 34.7 Å². The molecule has 10 heteroatoms. The van der Waals surface area contributed by atoms with Crippen LogP contribution in [0, 0.1) is 0 Å². The van der Waals surface area contributed by atoms with Gasteiger partial charge in [-0.15, -0.1) is 5.10 Å². The molecule has 1 aromatic heterocycles. The number of hydrogen-bond acceptors (Lipinski definition) is 9. The van der Waals surface area contributed by atoms with E-state index in [0.717, 1.165) is 0 Å². The molecule has 1 fully saturated rings. The van der Waals surface area contributed by atoms with Gasteiger partial charge in [0.05, 0.1) is 19.4 Å². The van der Waals surface area contributed by atoms with Crippen LogP contribution in [0.2, 0.25) is 5.02 Å². The smallest absolute Gasteiger partial charge is 0.358 e. The molecule has 9 nitrogen and oxygen atoms in total. The van der Waals surface area contributed by atoms with Crippen LogP contribution in [0.4, 0.5) is 0 Å². The summed E-state index contributed by atoms with van der Waals surface area (Å²) < 4.78 is 10.2. The van der Waals surface area contributed by atoms with Crippen LogP contribution in [0.1, 0.15) is 33.4 Å². The number of halogens is 1. The van der Waals surface area contributed by atoms with Gasteiger partial charge >= 0.3 is 5.97 Å². The van der Waals surface area contributed by atoms with Crippen molar-refractivity contribution in [1.82, 2.24) is 10.2 Å². The Bertz CT molecular complexity index is 862. The summed E-state index contributed by atoms with van der Waals surface area (Å²) >= 11 is 6.28. The summed E-state index contributed by atoms with van der Waals surface area (Å²) in [6.07, 6.45) is -5.97. The van der Waals surface area contributed by atoms with Crippen molar-refractivity contribution in [2.75, 3.05) is 13.7 Å². The van der Waals surface area contributed by atoms with Crippen LogP contribution in [-0.2, 0) is 15.9 Å². The van der Waals surface area contributed by atoms with E-state index in [1.807, 2.05) is 0 Å². The van der Waals surface area contributed by atoms with Gasteiger partial charge in [-0.1, -0.05) is 23.7 Å². The fourth-order valence-electron chi connectivity index (χ4n) is 3.15. The molecule has 0 radical (unpaired) electrons. The Morgan fingerprint density at radius 1 is 1.14 bits per heavy atom. The van der Waals surface area contributed by atoms with Gasteiger partial charge in [0.1, 0.15) is 30.5 Å². The van der Waals surface area contributed by atoms with Crippen molar-refractivity contribution in [1.29, 1.82) is 0 Å². The van der Waals surface area contributed by atoms with Crippen LogP contribution < -0.4 is 0 Å². The van der Waals surface area contributed by atoms with E-state index in [0.29, 0.717) is 28.3 Å². The number of methoxy groups -OCH3 is 1. The van der Waals surface area contributed by atoms with E-state index in [4.69, 9.17) is 16.3 Å². The minimum Gasteiger partial charge on any atom is -0.464 e. The summed E-state index contributed by atoms with van der Waals surface area (Å²) in [4.78, 5) is 11.4. The predicted octanol–water partition coefficient (Wildman–Crippen LogP) is 0.0223. The van der Waals surface area contributed by atoms with Gasteiger partial charge in [-0.05, 0) is 29.3 Å². The minimum absolute atomic E-state index is 0.0809. The van der Waals surface area contributed by atoms with Gasteiger partial charge in [0.25, 0.3) is 0 Å². The summed E-state index contributed by atoms with van der Waals surface area (Å²) in [5.74, 6) is -0.591. The van der Waals surface area contributed by atoms with Crippen LogP contribution in [0.15, 0.2) is 30.3 Å². The molecule has 29 heavy (non-hydrogen) atoms. The first kappa shape index (κ1) is 21.6. The van der Waals surface area contributed by atoms with Crippen molar-refractivity contribution >= 4 is 17.6 Å². The maximum Gasteiger partial charge on any atom is 0.358 e. The van der Waals surface area contributed by atoms with Gasteiger partial charge in [0, 0.05) is 11.4 Å². The van der Waals surface area contributed by atoms with Gasteiger partial charge in [-0.2, -0.15) is 5.10 Å². The van der Waals surface area contributed by atoms with Gasteiger partial charge in [0.15, 0.2) is 5.69 Å². The Balaban J connectivity index is 1.83. The number of esters is 1. The number of aromatic nitrogens is 2. The molecule has 0 amide bonds. The maximum atomic E-state index is 11.4. The SMILES string of the molecule is COC(=O)c1ccc(Cc2cc(C3OC(CO)C(O)C(O)C3O)ccc2Cl)nn1. The summed E-state index contributed by atoms with van der Waals surface area (Å²) in [7, 11) is 1.25. The lowest BCUT2D eigenvalue weighted by Gasteiger charge is -2.40. The van der Waals surface area contributed by atoms with Crippen molar-refractivity contribution in [3.63, 3.8) is 0 Å². The number of carbonyl (C=O) groups is 1. The number of benzene rings is 1. The molecule has 0 bridgehead atoms. The van der Waals surface area contributed by atoms with E-state index < -0.39 is 43.1 Å². The first-order chi connectivity index (χ1) is 13.8. The Hall–Kier alpha value is -2.14. The molecule has 1 aliphatic heterocycles. The standard InChI is InChI=1S/C19H21ClN2O7/c1-28-19(27)13-5-3-11(21-22-13)7-10-6-9(2-4-12(10)20)18-17(26)16(25)15(24)14(8-23)29-18/h2-6,14-18,23-26H,7-8H2,1H3. The fraction of sp³-hybridized carbons (Fsp3) is 0.421. The third kappa shape index (κ3) is 4.55. The third-order valence-corrected chi connectivity index (χ3v) is 5.15. The van der Waals surface area contributed by atoms with Crippen LogP contribution in [-0.4, -0.2) is 74.7 Å². The lowest BCUT2D eigenvalue weighted by Crippen LogP contribution is -2.55. The highest BCUT2D eigenvalue weighted by Crippen LogP contribution is 2.34. The minimum atomic E-state index is -1.47. The highest BCUT2D eigenvalue weighted by Gasteiger charge is 2.44. The van der Waals surface area contributed by atoms with E-state index in [1.54, 1.807) is 24.3 Å². The molecule has 0 aliphatic carbocycles. The zero-order valence-electron chi connectivity index (χ0n) is 15.5. The summed E-state index contributed by atoms with van der Waals surface area (Å²) in [6.45, 7) is -0.510. The topological polar surface area (TPSA) is 142 Å². The summed E-state index contributed by atoms with van der Waals surface area (Å²) in [5, 5.41) is 47.9. The molecule has 4 N–H and O–H groups in total. The van der Waals surface area contributed by atoms with Crippen LogP contribution in [0.5, 0.6) is 0 Å². The molecule has 1 aliphatic rings. The van der Waals surface area contributed by atoms with E-state index in [2.05, 4.69) is 14.9 Å². The zero-order valence-corrected chi connectivity index (χ0v) is 16.2. The summed E-state index contributed by atoms with van der Waals surface area (Å²) in [5.41, 5.74) is 1.80. The van der Waals surface area contributed by atoms with Gasteiger partial charge < -0.3 is 29.9 Å². The summed E-state index contributed by atoms with van der Waals surface area (Å²) in [6, 6.07) is 8.04. The Morgan fingerprint density at radius 3 is 2.52 bits per heavy atom. The average Bonchev–Trinajstić information content (AvgIpc) is 2.74. The molecule has 2 aromatic rings. The second kappa shape index (κ2) is 9.12. The molecule has 156 valence electrons. The van der Waals surface area contributed by atoms with Crippen molar-refractivity contribution in [3.8, 4) is 0 Å². The molecular formula is C19H21ClN2O7. The maximum absolute atomic E-state index is 11.4. The molecule has 5 unspecified atom stereocenters. The molecule has 0 saturated carbocycles. The fourth-order valence-corrected chi connectivity index (χ4v) is 3.33. The van der Waals surface area contributed by atoms with E-state index >= 15 is 0 Å². The monoisotopic (exact) mass is 424 g/mol. The Kier molecular flexibility index (Phi) is 6.78. The van der Waals surface area contributed by atoms with E-state index in [1.165, 1.54) is 13.2 Å². The van der Waals surface area contributed by atoms with Crippen LogP contribution in [0.25, 0.3) is 0 Å². The van der Waals surface area contributed by atoms with Crippen molar-refractivity contribution in [2.45, 2.75) is 36.9 Å². The molecule has 0 spiro atoms. The highest BCUT2D eigenvalue weighted by molar-refractivity contribution is 6.31. The van der Waals surface area contributed by atoms with E-state index in [-0.39, 0.29) is 5.69 Å². The van der Waals surface area contributed by atoms with Gasteiger partial charge in [0.2, 0.25) is 0 Å². The zero-order chi connectivity index (χ0) is 21.1. The molecule has 2 heterocycles. The lowest BCUT2D eigenvalue weighted by atomic mass is 9.90. The molecule has 3 rings (SSSR count). The van der Waals surface area contributed by atoms with Gasteiger partial charge in [-0.3, -0.25) is 0 Å². The molecule has 1 saturated heterocycles. The van der Waals surface area contributed by atoms with Crippen molar-refractivity contribution in [2.24, 2.45) is 0 Å². The Morgan fingerprint density at radius 2 is 1.90 bits per heavy atom. The number of carbonyl (C=O) groups excluding carboxylic acids is 1. The highest BCUT2D eigenvalue weighted by atomic mass is 35.5. The number of rotatable bonds is 5. The number of hydrogen-bond donors (Lipinski definition) is 4. The van der Waals surface area contributed by atoms with Gasteiger partial charge in [-0.25, -0.2) is 4.79 Å². The quantitative estimate of drug-likeness (QED) is 0.488. The number of nitrogens with zero attached hydrogens (tertiary/aromatic N) is 2. The first-order valence-electron chi connectivity index (χ1n) is 8.85. The average molecular weight is 425 g/mol. The molecule has 1 aromatic carbocycles. The Labute approximate surface area is 171 Å². The molecule has 5 atom stereocenters. The largest absolute Gasteiger partial charge is 0.464 e. The number of aliphatic hydroxyl groups excluding tert-OH is 4. The number of aliphatic hydroxyl groups is 4. The lowest BCUT2D eigenvalue weighted by molar-refractivity contribution is -0.231. The first-order valence-corrected chi connectivity index (χ1v) is 9.23. The normalized spacial score (nSPS) is 26.9. The number of ether oxygens (including phenoxy) is 2. The second-order valence-corrected chi connectivity index (χ2v) is 7.09.